The minimum absolute atomic E-state index is 0.310. The topological polar surface area (TPSA) is 39.4 Å². The van der Waals surface area contributed by atoms with Gasteiger partial charge in [-0.2, -0.15) is 13.2 Å². The summed E-state index contributed by atoms with van der Waals surface area (Å²) in [6, 6.07) is 6.92. The number of benzene rings is 1. The Kier molecular flexibility index (Phi) is 4.13. The molecule has 2 rings (SSSR count). The molecule has 20 heavy (non-hydrogen) atoms. The number of furan rings is 1. The van der Waals surface area contributed by atoms with Gasteiger partial charge in [0.2, 0.25) is 0 Å². The molecule has 0 bridgehead atoms. The Balaban J connectivity index is 2.21. The third-order valence-corrected chi connectivity index (χ3v) is 2.77. The average Bonchev–Trinajstić information content (AvgIpc) is 2.75. The summed E-state index contributed by atoms with van der Waals surface area (Å²) in [4.78, 5) is 12.0. The molecule has 6 heteroatoms. The number of carbonyl (C=O) groups is 1. The number of carbonyl (C=O) groups excluding carboxylic acids is 1. The Labute approximate surface area is 113 Å². The number of hydrogen-bond donors (Lipinski definition) is 0. The highest BCUT2D eigenvalue weighted by atomic mass is 19.4. The molecule has 108 valence electrons. The molecule has 0 aliphatic rings. The summed E-state index contributed by atoms with van der Waals surface area (Å²) < 4.78 is 45.9. The van der Waals surface area contributed by atoms with Gasteiger partial charge in [0, 0.05) is 11.8 Å². The molecule has 3 nitrogen and oxygen atoms in total. The predicted octanol–water partition coefficient (Wildman–Crippen LogP) is 3.76. The van der Waals surface area contributed by atoms with Gasteiger partial charge in [0.15, 0.2) is 5.78 Å². The monoisotopic (exact) mass is 286 g/mol. The van der Waals surface area contributed by atoms with Crippen LogP contribution in [0.2, 0.25) is 0 Å². The summed E-state index contributed by atoms with van der Waals surface area (Å²) in [6.45, 7) is -0.239. The van der Waals surface area contributed by atoms with E-state index in [1.807, 2.05) is 6.92 Å². The summed E-state index contributed by atoms with van der Waals surface area (Å²) in [6.07, 6.45) is -3.96. The highest BCUT2D eigenvalue weighted by Crippen LogP contribution is 2.27. The number of halogens is 3. The van der Waals surface area contributed by atoms with E-state index in [0.717, 1.165) is 0 Å². The predicted molar refractivity (Wildman–Crippen MR) is 66.8 cm³/mol. The van der Waals surface area contributed by atoms with Crippen LogP contribution >= 0.6 is 0 Å². The van der Waals surface area contributed by atoms with E-state index in [0.29, 0.717) is 28.7 Å². The smallest absolute Gasteiger partial charge is 0.411 e. The first-order valence-electron chi connectivity index (χ1n) is 6.10. The Morgan fingerprint density at radius 2 is 2.00 bits per heavy atom. The third-order valence-electron chi connectivity index (χ3n) is 2.77. The van der Waals surface area contributed by atoms with Crippen molar-refractivity contribution in [1.29, 1.82) is 0 Å². The first-order chi connectivity index (χ1) is 9.42. The number of rotatable bonds is 5. The molecule has 2 aromatic rings. The summed E-state index contributed by atoms with van der Waals surface area (Å²) in [7, 11) is 0. The van der Waals surface area contributed by atoms with E-state index >= 15 is 0 Å². The van der Waals surface area contributed by atoms with E-state index in [9.17, 15) is 18.0 Å². The van der Waals surface area contributed by atoms with Crippen molar-refractivity contribution in [2.45, 2.75) is 19.5 Å². The largest absolute Gasteiger partial charge is 0.460 e. The normalized spacial score (nSPS) is 12.0. The van der Waals surface area contributed by atoms with Crippen molar-refractivity contribution < 1.29 is 27.1 Å². The molecule has 0 amide bonds. The van der Waals surface area contributed by atoms with E-state index in [1.54, 1.807) is 24.3 Å². The Bertz CT molecular complexity index is 614. The molecule has 0 atom stereocenters. The molecule has 0 unspecified atom stereocenters. The van der Waals surface area contributed by atoms with Gasteiger partial charge in [-0.3, -0.25) is 4.79 Å². The quantitative estimate of drug-likeness (QED) is 0.786. The van der Waals surface area contributed by atoms with E-state index in [2.05, 4.69) is 4.74 Å². The molecule has 0 saturated heterocycles. The fourth-order valence-corrected chi connectivity index (χ4v) is 1.98. The van der Waals surface area contributed by atoms with Crippen molar-refractivity contribution in [3.05, 3.63) is 35.6 Å². The number of alkyl halides is 3. The van der Waals surface area contributed by atoms with Crippen molar-refractivity contribution in [3.63, 3.8) is 0 Å². The van der Waals surface area contributed by atoms with Gasteiger partial charge in [-0.05, 0) is 6.07 Å². The summed E-state index contributed by atoms with van der Waals surface area (Å²) >= 11 is 0. The van der Waals surface area contributed by atoms with Gasteiger partial charge in [0.05, 0.1) is 5.56 Å². The molecule has 0 aliphatic carbocycles. The van der Waals surface area contributed by atoms with Gasteiger partial charge in [-0.1, -0.05) is 25.1 Å². The van der Waals surface area contributed by atoms with Gasteiger partial charge in [-0.15, -0.1) is 0 Å². The third kappa shape index (κ3) is 3.19. The zero-order chi connectivity index (χ0) is 14.8. The number of aryl methyl sites for hydroxylation is 1. The van der Waals surface area contributed by atoms with Crippen molar-refractivity contribution in [1.82, 2.24) is 0 Å². The fourth-order valence-electron chi connectivity index (χ4n) is 1.98. The molecular formula is C14H13F3O3. The fraction of sp³-hybridized carbons (Fsp3) is 0.357. The van der Waals surface area contributed by atoms with Crippen molar-refractivity contribution in [2.24, 2.45) is 0 Å². The Morgan fingerprint density at radius 1 is 1.30 bits per heavy atom. The standard InChI is InChI=1S/C14H13F3O3/c1-2-11-13(9-5-3-4-6-12(9)20-11)10(18)7-19-8-14(15,16)17/h3-6H,2,7-8H2,1H3. The molecule has 0 saturated carbocycles. The second-order valence-corrected chi connectivity index (χ2v) is 4.28. The van der Waals surface area contributed by atoms with Crippen LogP contribution < -0.4 is 0 Å². The van der Waals surface area contributed by atoms with Gasteiger partial charge in [0.25, 0.3) is 0 Å². The minimum Gasteiger partial charge on any atom is -0.460 e. The Morgan fingerprint density at radius 3 is 2.65 bits per heavy atom. The molecule has 0 spiro atoms. The van der Waals surface area contributed by atoms with Crippen LogP contribution in [0, 0.1) is 0 Å². The summed E-state index contributed by atoms with van der Waals surface area (Å²) in [5, 5.41) is 0.602. The maximum Gasteiger partial charge on any atom is 0.411 e. The SMILES string of the molecule is CCc1oc2ccccc2c1C(=O)COCC(F)(F)F. The average molecular weight is 286 g/mol. The van der Waals surface area contributed by atoms with E-state index in [-0.39, 0.29) is 0 Å². The number of ketones is 1. The summed E-state index contributed by atoms with van der Waals surface area (Å²) in [5.41, 5.74) is 0.855. The van der Waals surface area contributed by atoms with Crippen LogP contribution in [-0.4, -0.2) is 25.2 Å². The number of Topliss-reactive ketones (excluding diaryl/α,β-unsaturated/α-hetero) is 1. The second-order valence-electron chi connectivity index (χ2n) is 4.28. The van der Waals surface area contributed by atoms with Crippen molar-refractivity contribution >= 4 is 16.8 Å². The molecule has 1 aromatic carbocycles. The number of ether oxygens (including phenoxy) is 1. The first kappa shape index (κ1) is 14.6. The number of para-hydroxylation sites is 1. The molecular weight excluding hydrogens is 273 g/mol. The van der Waals surface area contributed by atoms with Crippen LogP contribution in [0.3, 0.4) is 0 Å². The molecule has 0 aliphatic heterocycles. The van der Waals surface area contributed by atoms with Crippen LogP contribution in [-0.2, 0) is 11.2 Å². The lowest BCUT2D eigenvalue weighted by atomic mass is 10.1. The lowest BCUT2D eigenvalue weighted by Crippen LogP contribution is -2.20. The maximum atomic E-state index is 12.0. The van der Waals surface area contributed by atoms with Gasteiger partial charge >= 0.3 is 6.18 Å². The zero-order valence-corrected chi connectivity index (χ0v) is 10.8. The minimum atomic E-state index is -4.44. The molecule has 0 radical (unpaired) electrons. The van der Waals surface area contributed by atoms with Gasteiger partial charge < -0.3 is 9.15 Å². The van der Waals surface area contributed by atoms with E-state index in [1.165, 1.54) is 0 Å². The van der Waals surface area contributed by atoms with Crippen LogP contribution in [0.5, 0.6) is 0 Å². The highest BCUT2D eigenvalue weighted by Gasteiger charge is 2.28. The van der Waals surface area contributed by atoms with Gasteiger partial charge in [-0.25, -0.2) is 0 Å². The van der Waals surface area contributed by atoms with Crippen LogP contribution in [0.4, 0.5) is 13.2 Å². The first-order valence-corrected chi connectivity index (χ1v) is 6.10. The van der Waals surface area contributed by atoms with Crippen molar-refractivity contribution in [2.75, 3.05) is 13.2 Å². The number of hydrogen-bond acceptors (Lipinski definition) is 3. The van der Waals surface area contributed by atoms with Crippen LogP contribution in [0.1, 0.15) is 23.0 Å². The molecule has 1 aromatic heterocycles. The number of fused-ring (bicyclic) bond motifs is 1. The van der Waals surface area contributed by atoms with Crippen molar-refractivity contribution in [3.8, 4) is 0 Å². The second kappa shape index (κ2) is 5.66. The molecule has 0 N–H and O–H groups in total. The molecule has 1 heterocycles. The lowest BCUT2D eigenvalue weighted by molar-refractivity contribution is -0.170. The zero-order valence-electron chi connectivity index (χ0n) is 10.8. The molecule has 0 fully saturated rings. The summed E-state index contributed by atoms with van der Waals surface area (Å²) in [5.74, 6) is -0.0390. The van der Waals surface area contributed by atoms with Gasteiger partial charge in [0.1, 0.15) is 24.6 Å². The van der Waals surface area contributed by atoms with Crippen LogP contribution in [0.25, 0.3) is 11.0 Å². The lowest BCUT2D eigenvalue weighted by Gasteiger charge is -2.07. The Hall–Kier alpha value is -1.82. The van der Waals surface area contributed by atoms with E-state index < -0.39 is 25.2 Å². The van der Waals surface area contributed by atoms with Crippen LogP contribution in [0.15, 0.2) is 28.7 Å². The highest BCUT2D eigenvalue weighted by molar-refractivity contribution is 6.09. The maximum absolute atomic E-state index is 12.0. The van der Waals surface area contributed by atoms with E-state index in [4.69, 9.17) is 4.42 Å².